The Bertz CT molecular complexity index is 608. The molecule has 0 bridgehead atoms. The number of imide groups is 1. The van der Waals surface area contributed by atoms with Gasteiger partial charge in [0.25, 0.3) is 11.8 Å². The van der Waals surface area contributed by atoms with E-state index < -0.39 is 23.8 Å². The zero-order valence-electron chi connectivity index (χ0n) is 15.3. The van der Waals surface area contributed by atoms with Crippen LogP contribution in [0.1, 0.15) is 85.4 Å². The molecule has 0 fully saturated rings. The summed E-state index contributed by atoms with van der Waals surface area (Å²) in [4.78, 5) is 41.8. The highest BCUT2D eigenvalue weighted by Crippen LogP contribution is 2.27. The minimum absolute atomic E-state index is 0.282. The molecule has 26 heavy (non-hydrogen) atoms. The van der Waals surface area contributed by atoms with Crippen LogP contribution in [0.15, 0.2) is 24.3 Å². The molecule has 0 aliphatic carbocycles. The van der Waals surface area contributed by atoms with Crippen LogP contribution in [0.4, 0.5) is 0 Å². The molecule has 1 aliphatic rings. The van der Waals surface area contributed by atoms with E-state index in [1.165, 1.54) is 25.7 Å². The van der Waals surface area contributed by atoms with E-state index in [1.54, 1.807) is 24.3 Å². The van der Waals surface area contributed by atoms with Gasteiger partial charge < -0.3 is 0 Å². The molecule has 0 saturated carbocycles. The molecule has 0 spiro atoms. The Morgan fingerprint density at radius 3 is 1.96 bits per heavy atom. The normalized spacial score (nSPS) is 14.5. The van der Waals surface area contributed by atoms with Gasteiger partial charge in [-0.05, 0) is 18.6 Å². The Labute approximate surface area is 154 Å². The predicted molar refractivity (Wildman–Crippen MR) is 96.7 cm³/mol. The molecule has 6 heteroatoms. The monoisotopic (exact) mass is 361 g/mol. The number of unbranched alkanes of at least 4 members (excludes halogenated alkanes) is 7. The van der Waals surface area contributed by atoms with Crippen LogP contribution in [0.5, 0.6) is 0 Å². The standard InChI is InChI=1S/C20H27NO5/c1-2-3-4-5-6-7-8-9-14-17(20(24)26-25)21-18(22)15-12-10-11-13-16(15)19(21)23/h10-13,17,25H,2-9,14H2,1H3. The van der Waals surface area contributed by atoms with E-state index in [0.29, 0.717) is 12.8 Å². The largest absolute Gasteiger partial charge is 0.364 e. The topological polar surface area (TPSA) is 83.9 Å². The van der Waals surface area contributed by atoms with Crippen LogP contribution in [-0.4, -0.2) is 34.0 Å². The fourth-order valence-electron chi connectivity index (χ4n) is 3.38. The van der Waals surface area contributed by atoms with E-state index in [9.17, 15) is 14.4 Å². The Hall–Kier alpha value is -2.21. The highest BCUT2D eigenvalue weighted by molar-refractivity contribution is 6.22. The van der Waals surface area contributed by atoms with Gasteiger partial charge in [0.2, 0.25) is 0 Å². The average molecular weight is 361 g/mol. The second-order valence-electron chi connectivity index (χ2n) is 6.72. The summed E-state index contributed by atoms with van der Waals surface area (Å²) in [6.07, 6.45) is 8.98. The molecule has 1 aromatic rings. The van der Waals surface area contributed by atoms with Crippen molar-refractivity contribution in [2.24, 2.45) is 0 Å². The van der Waals surface area contributed by atoms with Gasteiger partial charge in [0.1, 0.15) is 6.04 Å². The van der Waals surface area contributed by atoms with Gasteiger partial charge in [0.05, 0.1) is 11.1 Å². The molecule has 0 aromatic heterocycles. The summed E-state index contributed by atoms with van der Waals surface area (Å²) in [5, 5.41) is 8.78. The summed E-state index contributed by atoms with van der Waals surface area (Å²) in [5.41, 5.74) is 0.563. The Morgan fingerprint density at radius 1 is 0.962 bits per heavy atom. The van der Waals surface area contributed by atoms with E-state index in [2.05, 4.69) is 11.8 Å². The van der Waals surface area contributed by atoms with Crippen molar-refractivity contribution in [3.8, 4) is 0 Å². The molecule has 1 heterocycles. The van der Waals surface area contributed by atoms with Crippen molar-refractivity contribution < 1.29 is 24.5 Å². The molecule has 1 unspecified atom stereocenters. The van der Waals surface area contributed by atoms with Gasteiger partial charge in [-0.1, -0.05) is 70.4 Å². The van der Waals surface area contributed by atoms with Gasteiger partial charge in [-0.15, -0.1) is 0 Å². The first-order valence-electron chi connectivity index (χ1n) is 9.44. The lowest BCUT2D eigenvalue weighted by atomic mass is 10.0. The minimum atomic E-state index is -1.09. The number of rotatable bonds is 11. The summed E-state index contributed by atoms with van der Waals surface area (Å²) >= 11 is 0. The van der Waals surface area contributed by atoms with E-state index in [0.717, 1.165) is 24.2 Å². The molecule has 1 N–H and O–H groups in total. The molecule has 6 nitrogen and oxygen atoms in total. The summed E-state index contributed by atoms with van der Waals surface area (Å²) in [5.74, 6) is -2.00. The second-order valence-corrected chi connectivity index (χ2v) is 6.72. The van der Waals surface area contributed by atoms with Gasteiger partial charge in [-0.3, -0.25) is 19.4 Å². The third-order valence-corrected chi connectivity index (χ3v) is 4.83. The van der Waals surface area contributed by atoms with Crippen molar-refractivity contribution in [3.05, 3.63) is 35.4 Å². The van der Waals surface area contributed by atoms with Crippen LogP contribution in [0, 0.1) is 0 Å². The fraction of sp³-hybridized carbons (Fsp3) is 0.550. The lowest BCUT2D eigenvalue weighted by molar-refractivity contribution is -0.238. The Balaban J connectivity index is 1.91. The third kappa shape index (κ3) is 4.69. The molecule has 2 rings (SSSR count). The van der Waals surface area contributed by atoms with Crippen molar-refractivity contribution in [3.63, 3.8) is 0 Å². The molecule has 1 aromatic carbocycles. The predicted octanol–water partition coefficient (Wildman–Crippen LogP) is 4.20. The second kappa shape index (κ2) is 10.1. The van der Waals surface area contributed by atoms with Crippen LogP contribution >= 0.6 is 0 Å². The SMILES string of the molecule is CCCCCCCCCCC(C(=O)OO)N1C(=O)c2ccccc2C1=O. The van der Waals surface area contributed by atoms with Crippen molar-refractivity contribution in [1.82, 2.24) is 4.90 Å². The number of benzene rings is 1. The molecule has 1 aliphatic heterocycles. The summed E-state index contributed by atoms with van der Waals surface area (Å²) in [6.45, 7) is 2.18. The number of hydrogen-bond donors (Lipinski definition) is 1. The van der Waals surface area contributed by atoms with Crippen molar-refractivity contribution >= 4 is 17.8 Å². The van der Waals surface area contributed by atoms with Gasteiger partial charge >= 0.3 is 5.97 Å². The first-order valence-corrected chi connectivity index (χ1v) is 9.44. The molecular formula is C20H27NO5. The maximum atomic E-state index is 12.5. The zero-order valence-corrected chi connectivity index (χ0v) is 15.3. The molecule has 0 radical (unpaired) electrons. The third-order valence-electron chi connectivity index (χ3n) is 4.83. The van der Waals surface area contributed by atoms with Crippen LogP contribution in [-0.2, 0) is 9.68 Å². The summed E-state index contributed by atoms with van der Waals surface area (Å²) in [6, 6.07) is 5.38. The first-order chi connectivity index (χ1) is 12.6. The molecule has 1 atom stereocenters. The zero-order chi connectivity index (χ0) is 18.9. The number of hydrogen-bond acceptors (Lipinski definition) is 5. The first kappa shape index (κ1) is 20.1. The fourth-order valence-corrected chi connectivity index (χ4v) is 3.38. The van der Waals surface area contributed by atoms with Crippen LogP contribution in [0.25, 0.3) is 0 Å². The maximum Gasteiger partial charge on any atom is 0.364 e. The van der Waals surface area contributed by atoms with Gasteiger partial charge in [-0.25, -0.2) is 4.79 Å². The molecular weight excluding hydrogens is 334 g/mol. The lowest BCUT2D eigenvalue weighted by Gasteiger charge is -2.23. The Kier molecular flexibility index (Phi) is 7.78. The molecule has 142 valence electrons. The minimum Gasteiger partial charge on any atom is -0.299 e. The van der Waals surface area contributed by atoms with Crippen molar-refractivity contribution in [2.45, 2.75) is 70.8 Å². The highest BCUT2D eigenvalue weighted by Gasteiger charge is 2.43. The van der Waals surface area contributed by atoms with Gasteiger partial charge in [0.15, 0.2) is 0 Å². The van der Waals surface area contributed by atoms with E-state index >= 15 is 0 Å². The number of nitrogens with zero attached hydrogens (tertiary/aromatic N) is 1. The quantitative estimate of drug-likeness (QED) is 0.276. The number of carbonyl (C=O) groups excluding carboxylic acids is 3. The smallest absolute Gasteiger partial charge is 0.299 e. The molecule has 0 saturated heterocycles. The average Bonchev–Trinajstić information content (AvgIpc) is 2.91. The van der Waals surface area contributed by atoms with Gasteiger partial charge in [0, 0.05) is 0 Å². The summed E-state index contributed by atoms with van der Waals surface area (Å²) < 4.78 is 0. The van der Waals surface area contributed by atoms with Crippen LogP contribution in [0.3, 0.4) is 0 Å². The lowest BCUT2D eigenvalue weighted by Crippen LogP contribution is -2.45. The van der Waals surface area contributed by atoms with Crippen LogP contribution in [0.2, 0.25) is 0 Å². The Morgan fingerprint density at radius 2 is 1.46 bits per heavy atom. The van der Waals surface area contributed by atoms with Crippen molar-refractivity contribution in [2.75, 3.05) is 0 Å². The van der Waals surface area contributed by atoms with E-state index in [-0.39, 0.29) is 11.1 Å². The van der Waals surface area contributed by atoms with Gasteiger partial charge in [-0.2, -0.15) is 5.26 Å². The van der Waals surface area contributed by atoms with E-state index in [4.69, 9.17) is 5.26 Å². The summed E-state index contributed by atoms with van der Waals surface area (Å²) in [7, 11) is 0. The van der Waals surface area contributed by atoms with Crippen molar-refractivity contribution in [1.29, 1.82) is 0 Å². The highest BCUT2D eigenvalue weighted by atomic mass is 17.1. The number of fused-ring (bicyclic) bond motifs is 1. The van der Waals surface area contributed by atoms with Crippen LogP contribution < -0.4 is 0 Å². The number of carbonyl (C=O) groups is 3. The van der Waals surface area contributed by atoms with E-state index in [1.807, 2.05) is 0 Å². The maximum absolute atomic E-state index is 12.5. The number of amides is 2. The molecule has 2 amide bonds.